The van der Waals surface area contributed by atoms with Crippen LogP contribution in [0.15, 0.2) is 11.6 Å². The molecule has 0 aromatic carbocycles. The summed E-state index contributed by atoms with van der Waals surface area (Å²) in [6.45, 7) is 12.7. The van der Waals surface area contributed by atoms with E-state index in [9.17, 15) is 71.5 Å². The first-order chi connectivity index (χ1) is 35.3. The molecular weight excluding hydrogens is 989 g/mol. The van der Waals surface area contributed by atoms with E-state index in [1.807, 2.05) is 0 Å². The molecule has 9 fully saturated rings. The zero-order chi connectivity index (χ0) is 54.6. The van der Waals surface area contributed by atoms with E-state index in [1.165, 1.54) is 5.57 Å². The Hall–Kier alpha value is -1.14. The molecule has 9 rings (SSSR count). The van der Waals surface area contributed by atoms with Crippen molar-refractivity contribution >= 4 is 0 Å². The van der Waals surface area contributed by atoms with Crippen LogP contribution in [0.25, 0.3) is 0 Å². The first-order valence-electron chi connectivity index (χ1n) is 27.4. The summed E-state index contributed by atoms with van der Waals surface area (Å²) in [7, 11) is 0. The number of aliphatic hydroxyl groups excluding tert-OH is 14. The second-order valence-electron chi connectivity index (χ2n) is 25.4. The second-order valence-corrected chi connectivity index (χ2v) is 25.4. The third kappa shape index (κ3) is 9.44. The van der Waals surface area contributed by atoms with Gasteiger partial charge >= 0.3 is 0 Å². The molecule has 0 radical (unpaired) electrons. The van der Waals surface area contributed by atoms with Gasteiger partial charge in [-0.3, -0.25) is 0 Å². The zero-order valence-electron chi connectivity index (χ0n) is 44.3. The maximum Gasteiger partial charge on any atom is 0.187 e. The molecule has 75 heavy (non-hydrogen) atoms. The smallest absolute Gasteiger partial charge is 0.187 e. The molecule has 9 aliphatic rings. The Labute approximate surface area is 438 Å². The maximum atomic E-state index is 13.0. The predicted octanol–water partition coefficient (Wildman–Crippen LogP) is -1.95. The van der Waals surface area contributed by atoms with Gasteiger partial charge in [-0.15, -0.1) is 0 Å². The molecule has 5 aliphatic carbocycles. The molecule has 0 aromatic heterocycles. The second kappa shape index (κ2) is 21.6. The van der Waals surface area contributed by atoms with E-state index < -0.39 is 165 Å². The molecule has 2 spiro atoms. The largest absolute Gasteiger partial charge is 0.394 e. The molecule has 4 aliphatic heterocycles. The lowest BCUT2D eigenvalue weighted by Crippen LogP contribution is -2.68. The zero-order valence-corrected chi connectivity index (χ0v) is 44.3. The highest BCUT2D eigenvalue weighted by Crippen LogP contribution is 2.89. The average Bonchev–Trinajstić information content (AvgIpc) is 4.19. The van der Waals surface area contributed by atoms with E-state index in [1.54, 1.807) is 0 Å². The highest BCUT2D eigenvalue weighted by atomic mass is 16.8. The van der Waals surface area contributed by atoms with Crippen LogP contribution in [-0.2, 0) is 37.9 Å². The summed E-state index contributed by atoms with van der Waals surface area (Å²) in [5.41, 5.74) is -0.913. The molecule has 4 heterocycles. The van der Waals surface area contributed by atoms with Crippen LogP contribution < -0.4 is 0 Å². The summed E-state index contributed by atoms with van der Waals surface area (Å²) in [6, 6.07) is 0. The molecule has 432 valence electrons. The normalized spacial score (nSPS) is 54.7. The standard InChI is InChI=1S/C53H88O22/c1-22(2)9-8-10-23(3)33-25(69-45-40(65)34(59)24(57)20-68-45)15-50(6)30-12-11-29-49(4,5)32(13-14-52(29)21-53(30,52)31(58)16-51(33,50)7)73-48-44(75-47-42(67)39(64)36(61)27(18-55)71-47)43(37(62)28(19-56)72-48)74-46-41(66)38(63)35(60)26(17-54)70-46/h9,23-48,54-67H,8,10-21H2,1-7H3/t23-,24+,25+,26-,27-,28-,29-,30-,31-,32+,33+,34+,35-,36-,37-,38+,39+,40-,41-,42-,43+,44-,45+,46+,47+,48+,50+,51-,52-,53+/m1/s1. The molecule has 5 saturated carbocycles. The van der Waals surface area contributed by atoms with Crippen molar-refractivity contribution in [3.05, 3.63) is 11.6 Å². The fourth-order valence-electron chi connectivity index (χ4n) is 17.0. The third-order valence-electron chi connectivity index (χ3n) is 21.0. The Balaban J connectivity index is 1.00. The van der Waals surface area contributed by atoms with E-state index in [-0.39, 0.29) is 47.2 Å². The van der Waals surface area contributed by atoms with Gasteiger partial charge in [0.15, 0.2) is 25.2 Å². The number of fused-ring (bicyclic) bond motifs is 2. The number of allylic oxidation sites excluding steroid dienone is 2. The quantitative estimate of drug-likeness (QED) is 0.0626. The number of rotatable bonds is 15. The van der Waals surface area contributed by atoms with Crippen molar-refractivity contribution in [2.45, 2.75) is 241 Å². The van der Waals surface area contributed by atoms with Gasteiger partial charge in [-0.05, 0) is 117 Å². The van der Waals surface area contributed by atoms with Crippen molar-refractivity contribution in [1.82, 2.24) is 0 Å². The Bertz CT molecular complexity index is 1990. The minimum atomic E-state index is -1.94. The third-order valence-corrected chi connectivity index (χ3v) is 21.0. The molecule has 0 amide bonds. The monoisotopic (exact) mass is 1080 g/mol. The minimum absolute atomic E-state index is 0.00217. The fraction of sp³-hybridized carbons (Fsp3) is 0.962. The van der Waals surface area contributed by atoms with Gasteiger partial charge in [-0.25, -0.2) is 0 Å². The first-order valence-corrected chi connectivity index (χ1v) is 27.4. The van der Waals surface area contributed by atoms with Crippen LogP contribution in [0.1, 0.15) is 106 Å². The van der Waals surface area contributed by atoms with Gasteiger partial charge in [0.1, 0.15) is 91.6 Å². The SMILES string of the molecule is CC(C)=CCC[C@@H](C)[C@H]1[C@@H](O[C@@H]2OC[C@H](O)[C@H](O)[C@H]2O)C[C@@]2(C)[C@H]3CC[C@@H]4C(C)(C)[C@@H](O[C@@H]5O[C@H](CO)[C@@H](O)[C@H](O[C@@H]6O[C@H](CO)[C@@H](O)[C@H](O)[C@H]6O)[C@H]5O[C@@H]5O[C@H](CO)[C@@H](O)[C@H](O)[C@H]5O)CC[C@@]45C[C@@]35[C@H](O)C[C@]12C. The number of ether oxygens (including phenoxy) is 8. The van der Waals surface area contributed by atoms with Gasteiger partial charge in [0.05, 0.1) is 44.7 Å². The highest BCUT2D eigenvalue weighted by molar-refractivity contribution is 5.34. The van der Waals surface area contributed by atoms with Gasteiger partial charge in [-0.2, -0.15) is 0 Å². The van der Waals surface area contributed by atoms with Crippen LogP contribution >= 0.6 is 0 Å². The number of hydrogen-bond donors (Lipinski definition) is 14. The van der Waals surface area contributed by atoms with Crippen molar-refractivity contribution in [2.24, 2.45) is 50.7 Å². The van der Waals surface area contributed by atoms with Crippen molar-refractivity contribution in [2.75, 3.05) is 26.4 Å². The minimum Gasteiger partial charge on any atom is -0.394 e. The van der Waals surface area contributed by atoms with Gasteiger partial charge in [0.25, 0.3) is 0 Å². The van der Waals surface area contributed by atoms with E-state index in [2.05, 4.69) is 54.5 Å². The van der Waals surface area contributed by atoms with Gasteiger partial charge in [0.2, 0.25) is 0 Å². The Kier molecular flexibility index (Phi) is 16.9. The Morgan fingerprint density at radius 2 is 1.13 bits per heavy atom. The highest BCUT2D eigenvalue weighted by Gasteiger charge is 2.86. The predicted molar refractivity (Wildman–Crippen MR) is 258 cm³/mol. The van der Waals surface area contributed by atoms with Crippen molar-refractivity contribution < 1.29 is 109 Å². The average molecular weight is 1080 g/mol. The summed E-state index contributed by atoms with van der Waals surface area (Å²) in [5.74, 6) is 0.188. The molecule has 14 N–H and O–H groups in total. The molecule has 0 unspecified atom stereocenters. The number of hydrogen-bond acceptors (Lipinski definition) is 22. The van der Waals surface area contributed by atoms with E-state index in [4.69, 9.17) is 37.9 Å². The molecule has 30 atom stereocenters. The lowest BCUT2D eigenvalue weighted by Gasteiger charge is -2.64. The lowest BCUT2D eigenvalue weighted by molar-refractivity contribution is -0.399. The molecule has 0 aromatic rings. The number of aliphatic hydroxyl groups is 14. The van der Waals surface area contributed by atoms with E-state index in [0.717, 1.165) is 32.1 Å². The van der Waals surface area contributed by atoms with Gasteiger partial charge < -0.3 is 109 Å². The van der Waals surface area contributed by atoms with Gasteiger partial charge in [-0.1, -0.05) is 46.3 Å². The summed E-state index contributed by atoms with van der Waals surface area (Å²) in [5, 5.41) is 152. The Morgan fingerprint density at radius 3 is 1.72 bits per heavy atom. The summed E-state index contributed by atoms with van der Waals surface area (Å²) in [4.78, 5) is 0. The topological polar surface area (TPSA) is 357 Å². The summed E-state index contributed by atoms with van der Waals surface area (Å²) < 4.78 is 49.8. The van der Waals surface area contributed by atoms with Gasteiger partial charge in [0, 0.05) is 5.41 Å². The molecular formula is C53H88O22. The van der Waals surface area contributed by atoms with Crippen molar-refractivity contribution in [3.63, 3.8) is 0 Å². The molecule has 22 heteroatoms. The van der Waals surface area contributed by atoms with Crippen LogP contribution in [0, 0.1) is 50.7 Å². The van der Waals surface area contributed by atoms with Crippen LogP contribution in [0.5, 0.6) is 0 Å². The lowest BCUT2D eigenvalue weighted by atomic mass is 9.41. The first kappa shape index (κ1) is 58.5. The maximum absolute atomic E-state index is 13.0. The summed E-state index contributed by atoms with van der Waals surface area (Å²) >= 11 is 0. The summed E-state index contributed by atoms with van der Waals surface area (Å²) in [6.07, 6.45) is -24.1. The van der Waals surface area contributed by atoms with Crippen LogP contribution in [-0.4, -0.2) is 233 Å². The molecule has 0 bridgehead atoms. The Morgan fingerprint density at radius 1 is 0.587 bits per heavy atom. The van der Waals surface area contributed by atoms with Crippen LogP contribution in [0.3, 0.4) is 0 Å². The van der Waals surface area contributed by atoms with Crippen molar-refractivity contribution in [3.8, 4) is 0 Å². The van der Waals surface area contributed by atoms with Crippen LogP contribution in [0.4, 0.5) is 0 Å². The molecule has 4 saturated heterocycles. The van der Waals surface area contributed by atoms with Crippen molar-refractivity contribution in [1.29, 1.82) is 0 Å². The van der Waals surface area contributed by atoms with Crippen LogP contribution in [0.2, 0.25) is 0 Å². The van der Waals surface area contributed by atoms with E-state index in [0.29, 0.717) is 25.7 Å². The fourth-order valence-corrected chi connectivity index (χ4v) is 17.0. The molecule has 22 nitrogen and oxygen atoms in total. The van der Waals surface area contributed by atoms with E-state index >= 15 is 0 Å².